The van der Waals surface area contributed by atoms with Crippen LogP contribution >= 0.6 is 0 Å². The molecular formula is C10H17NO3. The van der Waals surface area contributed by atoms with Crippen molar-refractivity contribution >= 4 is 5.91 Å². The van der Waals surface area contributed by atoms with Crippen molar-refractivity contribution in [2.75, 3.05) is 19.8 Å². The van der Waals surface area contributed by atoms with Crippen molar-refractivity contribution in [1.82, 2.24) is 5.32 Å². The van der Waals surface area contributed by atoms with E-state index in [-0.39, 0.29) is 12.5 Å². The molecule has 1 aliphatic rings. The highest BCUT2D eigenvalue weighted by atomic mass is 16.5. The minimum Gasteiger partial charge on any atom is -0.386 e. The quantitative estimate of drug-likeness (QED) is 0.623. The van der Waals surface area contributed by atoms with Gasteiger partial charge in [0.1, 0.15) is 5.60 Å². The number of hydrogen-bond acceptors (Lipinski definition) is 3. The number of rotatable bonds is 5. The molecular weight excluding hydrogens is 182 g/mol. The molecule has 0 aromatic carbocycles. The normalized spacial score (nSPS) is 26.1. The Labute approximate surface area is 83.9 Å². The molecule has 4 nitrogen and oxygen atoms in total. The first-order valence-electron chi connectivity index (χ1n) is 4.84. The highest BCUT2D eigenvalue weighted by Crippen LogP contribution is 2.16. The second-order valence-electron chi connectivity index (χ2n) is 3.63. The summed E-state index contributed by atoms with van der Waals surface area (Å²) in [6, 6.07) is 0. The van der Waals surface area contributed by atoms with Crippen LogP contribution in [0.15, 0.2) is 12.7 Å². The lowest BCUT2D eigenvalue weighted by molar-refractivity contribution is -0.122. The van der Waals surface area contributed by atoms with Gasteiger partial charge >= 0.3 is 0 Å². The molecule has 0 aromatic rings. The molecule has 0 aromatic heterocycles. The van der Waals surface area contributed by atoms with Gasteiger partial charge in [0.2, 0.25) is 5.91 Å². The summed E-state index contributed by atoms with van der Waals surface area (Å²) in [4.78, 5) is 11.2. The summed E-state index contributed by atoms with van der Waals surface area (Å²) in [6.07, 6.45) is 3.39. The molecule has 1 saturated heterocycles. The molecule has 1 rings (SSSR count). The van der Waals surface area contributed by atoms with E-state index < -0.39 is 5.60 Å². The summed E-state index contributed by atoms with van der Waals surface area (Å²) in [7, 11) is 0. The van der Waals surface area contributed by atoms with Gasteiger partial charge in [-0.25, -0.2) is 0 Å². The van der Waals surface area contributed by atoms with E-state index in [1.165, 1.54) is 0 Å². The van der Waals surface area contributed by atoms with Gasteiger partial charge in [-0.1, -0.05) is 6.08 Å². The molecule has 1 amide bonds. The predicted octanol–water partition coefficient (Wildman–Crippen LogP) is 0.220. The largest absolute Gasteiger partial charge is 0.386 e. The van der Waals surface area contributed by atoms with Crippen LogP contribution in [0.25, 0.3) is 0 Å². The Bertz CT molecular complexity index is 209. The summed E-state index contributed by atoms with van der Waals surface area (Å²) in [5, 5.41) is 12.5. The molecule has 0 bridgehead atoms. The van der Waals surface area contributed by atoms with Crippen molar-refractivity contribution in [2.24, 2.45) is 0 Å². The molecule has 0 radical (unpaired) electrons. The summed E-state index contributed by atoms with van der Waals surface area (Å²) >= 11 is 0. The Morgan fingerprint density at radius 2 is 2.50 bits per heavy atom. The number of allylic oxidation sites excluding steroid dienone is 1. The maximum absolute atomic E-state index is 11.2. The zero-order valence-electron chi connectivity index (χ0n) is 8.29. The maximum atomic E-state index is 11.2. The molecule has 1 atom stereocenters. The fourth-order valence-electron chi connectivity index (χ4n) is 1.32. The second-order valence-corrected chi connectivity index (χ2v) is 3.63. The number of amides is 1. The van der Waals surface area contributed by atoms with E-state index in [4.69, 9.17) is 4.74 Å². The topological polar surface area (TPSA) is 58.6 Å². The first kappa shape index (κ1) is 11.2. The molecule has 1 heterocycles. The third-order valence-corrected chi connectivity index (χ3v) is 2.27. The van der Waals surface area contributed by atoms with Gasteiger partial charge in [0.15, 0.2) is 0 Å². The average molecular weight is 199 g/mol. The monoisotopic (exact) mass is 199 g/mol. The van der Waals surface area contributed by atoms with Crippen molar-refractivity contribution in [3.05, 3.63) is 12.7 Å². The van der Waals surface area contributed by atoms with Crippen LogP contribution in [0.3, 0.4) is 0 Å². The molecule has 0 saturated carbocycles. The zero-order valence-corrected chi connectivity index (χ0v) is 8.29. The van der Waals surface area contributed by atoms with E-state index in [0.29, 0.717) is 32.5 Å². The van der Waals surface area contributed by atoms with Gasteiger partial charge < -0.3 is 15.2 Å². The van der Waals surface area contributed by atoms with E-state index >= 15 is 0 Å². The molecule has 4 heteroatoms. The minimum atomic E-state index is -0.857. The van der Waals surface area contributed by atoms with Crippen molar-refractivity contribution in [2.45, 2.75) is 24.9 Å². The summed E-state index contributed by atoms with van der Waals surface area (Å²) in [5.41, 5.74) is -0.857. The van der Waals surface area contributed by atoms with E-state index in [1.54, 1.807) is 6.08 Å². The highest BCUT2D eigenvalue weighted by molar-refractivity contribution is 5.76. The number of carbonyl (C=O) groups is 1. The van der Waals surface area contributed by atoms with Crippen LogP contribution < -0.4 is 5.32 Å². The third kappa shape index (κ3) is 3.47. The summed E-state index contributed by atoms with van der Waals surface area (Å²) in [5.74, 6) is -0.0507. The van der Waals surface area contributed by atoms with Crippen molar-refractivity contribution in [1.29, 1.82) is 0 Å². The average Bonchev–Trinajstić information content (AvgIpc) is 2.60. The van der Waals surface area contributed by atoms with Gasteiger partial charge in [-0.05, 0) is 6.42 Å². The van der Waals surface area contributed by atoms with Crippen LogP contribution in [0.1, 0.15) is 19.3 Å². The lowest BCUT2D eigenvalue weighted by atomic mass is 10.0. The van der Waals surface area contributed by atoms with Crippen LogP contribution in [0, 0.1) is 0 Å². The number of nitrogens with one attached hydrogen (secondary N) is 1. The Kier molecular flexibility index (Phi) is 4.10. The third-order valence-electron chi connectivity index (χ3n) is 2.27. The molecule has 80 valence electrons. The lowest BCUT2D eigenvalue weighted by Gasteiger charge is -2.20. The first-order chi connectivity index (χ1) is 6.66. The molecule has 0 spiro atoms. The number of carbonyl (C=O) groups excluding carboxylic acids is 1. The Hall–Kier alpha value is -0.870. The number of aliphatic hydroxyl groups is 1. The fraction of sp³-hybridized carbons (Fsp3) is 0.700. The zero-order chi connectivity index (χ0) is 10.4. The fourth-order valence-corrected chi connectivity index (χ4v) is 1.32. The lowest BCUT2D eigenvalue weighted by Crippen LogP contribution is -2.43. The minimum absolute atomic E-state index is 0.0507. The van der Waals surface area contributed by atoms with E-state index in [9.17, 15) is 9.90 Å². The smallest absolute Gasteiger partial charge is 0.220 e. The van der Waals surface area contributed by atoms with Crippen LogP contribution in [0.4, 0.5) is 0 Å². The Morgan fingerprint density at radius 3 is 3.07 bits per heavy atom. The van der Waals surface area contributed by atoms with Crippen LogP contribution in [-0.4, -0.2) is 36.4 Å². The van der Waals surface area contributed by atoms with Crippen LogP contribution in [-0.2, 0) is 9.53 Å². The van der Waals surface area contributed by atoms with Gasteiger partial charge in [-0.2, -0.15) is 0 Å². The second kappa shape index (κ2) is 5.12. The maximum Gasteiger partial charge on any atom is 0.220 e. The highest BCUT2D eigenvalue weighted by Gasteiger charge is 2.32. The summed E-state index contributed by atoms with van der Waals surface area (Å²) in [6.45, 7) is 4.70. The van der Waals surface area contributed by atoms with Gasteiger partial charge in [0.25, 0.3) is 0 Å². The Balaban J connectivity index is 2.18. The van der Waals surface area contributed by atoms with Gasteiger partial charge in [0.05, 0.1) is 6.61 Å². The molecule has 0 aliphatic carbocycles. The molecule has 1 fully saturated rings. The van der Waals surface area contributed by atoms with Crippen LogP contribution in [0.2, 0.25) is 0 Å². The molecule has 2 N–H and O–H groups in total. The predicted molar refractivity (Wildman–Crippen MR) is 52.8 cm³/mol. The SMILES string of the molecule is C=CCCC(=O)NCC1(O)CCOC1. The standard InChI is InChI=1S/C10H17NO3/c1-2-3-4-9(12)11-7-10(13)5-6-14-8-10/h2,13H,1,3-8H2,(H,11,12). The van der Waals surface area contributed by atoms with Crippen molar-refractivity contribution < 1.29 is 14.6 Å². The van der Waals surface area contributed by atoms with Gasteiger partial charge in [0, 0.05) is 26.0 Å². The van der Waals surface area contributed by atoms with Crippen molar-refractivity contribution in [3.8, 4) is 0 Å². The molecule has 1 aliphatic heterocycles. The van der Waals surface area contributed by atoms with Gasteiger partial charge in [-0.3, -0.25) is 4.79 Å². The summed E-state index contributed by atoms with van der Waals surface area (Å²) < 4.78 is 5.06. The van der Waals surface area contributed by atoms with E-state index in [0.717, 1.165) is 0 Å². The van der Waals surface area contributed by atoms with E-state index in [1.807, 2.05) is 0 Å². The number of ether oxygens (including phenoxy) is 1. The molecule has 1 unspecified atom stereocenters. The van der Waals surface area contributed by atoms with E-state index in [2.05, 4.69) is 11.9 Å². The first-order valence-corrected chi connectivity index (χ1v) is 4.84. The van der Waals surface area contributed by atoms with Gasteiger partial charge in [-0.15, -0.1) is 6.58 Å². The number of hydrogen-bond donors (Lipinski definition) is 2. The van der Waals surface area contributed by atoms with Crippen LogP contribution in [0.5, 0.6) is 0 Å². The van der Waals surface area contributed by atoms with Crippen molar-refractivity contribution in [3.63, 3.8) is 0 Å². The Morgan fingerprint density at radius 1 is 1.71 bits per heavy atom. The molecule has 14 heavy (non-hydrogen) atoms.